The minimum absolute atomic E-state index is 0.190. The molecule has 0 amide bonds. The zero-order chi connectivity index (χ0) is 18.1. The van der Waals surface area contributed by atoms with Crippen molar-refractivity contribution in [3.8, 4) is 22.9 Å². The van der Waals surface area contributed by atoms with E-state index >= 15 is 0 Å². The summed E-state index contributed by atoms with van der Waals surface area (Å²) in [4.78, 5) is 8.86. The van der Waals surface area contributed by atoms with Crippen LogP contribution < -0.4 is 4.74 Å². The monoisotopic (exact) mass is 353 g/mol. The number of rotatable bonds is 5. The molecule has 0 aliphatic heterocycles. The number of fused-ring (bicyclic) bond motifs is 2. The highest BCUT2D eigenvalue weighted by molar-refractivity contribution is 5.86. The van der Waals surface area contributed by atoms with Crippen LogP contribution in [0.3, 0.4) is 0 Å². The maximum atomic E-state index is 13.4. The molecule has 0 radical (unpaired) electrons. The molecular formula is C19H16FN3O3. The Morgan fingerprint density at radius 1 is 1.15 bits per heavy atom. The van der Waals surface area contributed by atoms with Gasteiger partial charge in [-0.25, -0.2) is 14.4 Å². The number of phenols is 1. The molecular weight excluding hydrogens is 337 g/mol. The number of phenolic OH excluding ortho intramolecular Hbond substituents is 1. The first-order chi connectivity index (χ1) is 12.7. The molecule has 0 saturated heterocycles. The molecule has 0 bridgehead atoms. The van der Waals surface area contributed by atoms with E-state index in [9.17, 15) is 9.50 Å². The topological polar surface area (TPSA) is 68.9 Å². The third-order valence-corrected chi connectivity index (χ3v) is 4.04. The van der Waals surface area contributed by atoms with Crippen LogP contribution in [0.1, 0.15) is 0 Å². The van der Waals surface area contributed by atoms with Crippen LogP contribution >= 0.6 is 0 Å². The fourth-order valence-corrected chi connectivity index (χ4v) is 2.81. The lowest BCUT2D eigenvalue weighted by molar-refractivity contribution is 0.146. The van der Waals surface area contributed by atoms with Crippen LogP contribution in [-0.2, 0) is 4.74 Å². The molecule has 6 nitrogen and oxygen atoms in total. The molecule has 1 aromatic carbocycles. The molecule has 0 spiro atoms. The highest BCUT2D eigenvalue weighted by atomic mass is 19.1. The SMILES string of the molecule is COCCOc1ccn2c(-c3ccc4cc(F)cc(O)c4n3)cnc2c1. The number of hydrogen-bond acceptors (Lipinski definition) is 5. The molecule has 26 heavy (non-hydrogen) atoms. The summed E-state index contributed by atoms with van der Waals surface area (Å²) < 4.78 is 25.8. The maximum absolute atomic E-state index is 13.4. The van der Waals surface area contributed by atoms with Gasteiger partial charge in [0, 0.05) is 30.8 Å². The van der Waals surface area contributed by atoms with E-state index in [-0.39, 0.29) is 5.75 Å². The van der Waals surface area contributed by atoms with Crippen molar-refractivity contribution in [2.24, 2.45) is 0 Å². The molecule has 0 atom stereocenters. The second-order valence-corrected chi connectivity index (χ2v) is 5.77. The number of halogens is 1. The number of ether oxygens (including phenoxy) is 2. The van der Waals surface area contributed by atoms with Crippen molar-refractivity contribution in [1.82, 2.24) is 14.4 Å². The average Bonchev–Trinajstić information content (AvgIpc) is 3.05. The number of hydrogen-bond donors (Lipinski definition) is 1. The lowest BCUT2D eigenvalue weighted by atomic mass is 10.1. The largest absolute Gasteiger partial charge is 0.506 e. The quantitative estimate of drug-likeness (QED) is 0.557. The minimum Gasteiger partial charge on any atom is -0.506 e. The van der Waals surface area contributed by atoms with Crippen LogP contribution in [0, 0.1) is 5.82 Å². The molecule has 0 aliphatic rings. The van der Waals surface area contributed by atoms with E-state index in [0.29, 0.717) is 41.2 Å². The lowest BCUT2D eigenvalue weighted by Crippen LogP contribution is -2.04. The summed E-state index contributed by atoms with van der Waals surface area (Å²) in [6.45, 7) is 0.971. The van der Waals surface area contributed by atoms with Gasteiger partial charge in [-0.2, -0.15) is 0 Å². The first kappa shape index (κ1) is 16.3. The normalized spacial score (nSPS) is 11.3. The predicted octanol–water partition coefficient (Wildman–Crippen LogP) is 3.42. The summed E-state index contributed by atoms with van der Waals surface area (Å²) in [6.07, 6.45) is 3.54. The summed E-state index contributed by atoms with van der Waals surface area (Å²) in [6, 6.07) is 9.55. The van der Waals surface area contributed by atoms with E-state index in [1.165, 1.54) is 6.07 Å². The number of methoxy groups -OCH3 is 1. The van der Waals surface area contributed by atoms with Gasteiger partial charge in [0.25, 0.3) is 0 Å². The molecule has 7 heteroatoms. The summed E-state index contributed by atoms with van der Waals surface area (Å²) in [5.74, 6) is 0.0103. The van der Waals surface area contributed by atoms with Crippen molar-refractivity contribution in [3.63, 3.8) is 0 Å². The van der Waals surface area contributed by atoms with Crippen LogP contribution in [0.15, 0.2) is 48.8 Å². The molecule has 0 saturated carbocycles. The number of nitrogens with zero attached hydrogens (tertiary/aromatic N) is 3. The van der Waals surface area contributed by atoms with Gasteiger partial charge in [0.1, 0.15) is 35.1 Å². The third-order valence-electron chi connectivity index (χ3n) is 4.04. The van der Waals surface area contributed by atoms with Crippen LogP contribution in [0.2, 0.25) is 0 Å². The van der Waals surface area contributed by atoms with E-state index in [0.717, 1.165) is 11.8 Å². The highest BCUT2D eigenvalue weighted by Crippen LogP contribution is 2.28. The van der Waals surface area contributed by atoms with E-state index in [2.05, 4.69) is 9.97 Å². The number of pyridine rings is 2. The summed E-state index contributed by atoms with van der Waals surface area (Å²) in [7, 11) is 1.62. The van der Waals surface area contributed by atoms with Gasteiger partial charge in [-0.05, 0) is 18.2 Å². The molecule has 1 N–H and O–H groups in total. The standard InChI is InChI=1S/C19H16FN3O3/c1-25-6-7-26-14-4-5-23-16(11-21-18(23)10-14)15-3-2-12-8-13(20)9-17(24)19(12)22-15/h2-5,8-11,24H,6-7H2,1H3. The highest BCUT2D eigenvalue weighted by Gasteiger charge is 2.11. The molecule has 4 aromatic rings. The van der Waals surface area contributed by atoms with E-state index in [1.807, 2.05) is 22.7 Å². The minimum atomic E-state index is -0.500. The Bertz CT molecular complexity index is 1090. The molecule has 3 heterocycles. The zero-order valence-corrected chi connectivity index (χ0v) is 14.0. The Hall–Kier alpha value is -3.19. The van der Waals surface area contributed by atoms with Crippen molar-refractivity contribution in [2.45, 2.75) is 0 Å². The van der Waals surface area contributed by atoms with E-state index < -0.39 is 5.82 Å². The fraction of sp³-hybridized carbons (Fsp3) is 0.158. The maximum Gasteiger partial charge on any atom is 0.144 e. The molecule has 4 rings (SSSR count). The average molecular weight is 353 g/mol. The van der Waals surface area contributed by atoms with Crippen molar-refractivity contribution in [2.75, 3.05) is 20.3 Å². The van der Waals surface area contributed by atoms with Gasteiger partial charge in [-0.15, -0.1) is 0 Å². The summed E-state index contributed by atoms with van der Waals surface area (Å²) in [5.41, 5.74) is 2.44. The Morgan fingerprint density at radius 2 is 2.04 bits per heavy atom. The van der Waals surface area contributed by atoms with E-state index in [4.69, 9.17) is 9.47 Å². The molecule has 0 unspecified atom stereocenters. The van der Waals surface area contributed by atoms with Gasteiger partial charge in [0.15, 0.2) is 0 Å². The molecule has 0 fully saturated rings. The van der Waals surface area contributed by atoms with Gasteiger partial charge < -0.3 is 14.6 Å². The van der Waals surface area contributed by atoms with Crippen LogP contribution in [-0.4, -0.2) is 39.8 Å². The summed E-state index contributed by atoms with van der Waals surface area (Å²) in [5, 5.41) is 10.5. The first-order valence-electron chi connectivity index (χ1n) is 8.04. The van der Waals surface area contributed by atoms with E-state index in [1.54, 1.807) is 25.4 Å². The van der Waals surface area contributed by atoms with Crippen molar-refractivity contribution in [3.05, 3.63) is 54.6 Å². The molecule has 132 valence electrons. The number of benzene rings is 1. The van der Waals surface area contributed by atoms with Crippen LogP contribution in [0.25, 0.3) is 27.9 Å². The van der Waals surface area contributed by atoms with Gasteiger partial charge in [-0.1, -0.05) is 6.07 Å². The number of imidazole rings is 1. The Morgan fingerprint density at radius 3 is 2.88 bits per heavy atom. The fourth-order valence-electron chi connectivity index (χ4n) is 2.81. The Balaban J connectivity index is 1.73. The van der Waals surface area contributed by atoms with Gasteiger partial charge in [0.05, 0.1) is 24.2 Å². The number of aromatic hydroxyl groups is 1. The molecule has 3 aromatic heterocycles. The van der Waals surface area contributed by atoms with Crippen molar-refractivity contribution >= 4 is 16.6 Å². The predicted molar refractivity (Wildman–Crippen MR) is 94.9 cm³/mol. The first-order valence-corrected chi connectivity index (χ1v) is 8.04. The van der Waals surface area contributed by atoms with Gasteiger partial charge in [-0.3, -0.25) is 4.40 Å². The number of aromatic nitrogens is 3. The second kappa shape index (κ2) is 6.61. The lowest BCUT2D eigenvalue weighted by Gasteiger charge is -2.07. The van der Waals surface area contributed by atoms with Crippen molar-refractivity contribution < 1.29 is 19.0 Å². The van der Waals surface area contributed by atoms with Gasteiger partial charge >= 0.3 is 0 Å². The van der Waals surface area contributed by atoms with Crippen LogP contribution in [0.5, 0.6) is 11.5 Å². The second-order valence-electron chi connectivity index (χ2n) is 5.77. The van der Waals surface area contributed by atoms with Gasteiger partial charge in [0.2, 0.25) is 0 Å². The molecule has 0 aliphatic carbocycles. The smallest absolute Gasteiger partial charge is 0.144 e. The Kier molecular flexibility index (Phi) is 4.14. The Labute approximate surface area is 148 Å². The zero-order valence-electron chi connectivity index (χ0n) is 14.0. The summed E-state index contributed by atoms with van der Waals surface area (Å²) >= 11 is 0. The van der Waals surface area contributed by atoms with Crippen molar-refractivity contribution in [1.29, 1.82) is 0 Å². The van der Waals surface area contributed by atoms with Crippen LogP contribution in [0.4, 0.5) is 4.39 Å². The third kappa shape index (κ3) is 2.93.